The van der Waals surface area contributed by atoms with Gasteiger partial charge in [-0.25, -0.2) is 4.79 Å². The molecule has 4 heteroatoms. The Kier molecular flexibility index (Phi) is 2.80. The van der Waals surface area contributed by atoms with Crippen LogP contribution in [0.25, 0.3) is 10.8 Å². The van der Waals surface area contributed by atoms with Crippen molar-refractivity contribution in [3.05, 3.63) is 44.8 Å². The zero-order valence-electron chi connectivity index (χ0n) is 7.50. The van der Waals surface area contributed by atoms with Crippen LogP contribution in [0.5, 0.6) is 0 Å². The Bertz CT molecular complexity index is 550. The van der Waals surface area contributed by atoms with E-state index in [1.807, 2.05) is 18.2 Å². The molecule has 0 aliphatic rings. The van der Waals surface area contributed by atoms with Crippen LogP contribution in [0, 0.1) is 0 Å². The van der Waals surface area contributed by atoms with Crippen molar-refractivity contribution in [2.24, 2.45) is 0 Å². The highest BCUT2D eigenvalue weighted by atomic mass is 79.9. The molecule has 0 unspecified atom stereocenters. The van der Waals surface area contributed by atoms with Gasteiger partial charge >= 0.3 is 5.97 Å². The molecule has 2 aromatic rings. The van der Waals surface area contributed by atoms with Gasteiger partial charge in [0.1, 0.15) is 0 Å². The largest absolute Gasteiger partial charge is 0.478 e. The average Bonchev–Trinajstić information content (AvgIpc) is 2.18. The van der Waals surface area contributed by atoms with Crippen molar-refractivity contribution in [3.8, 4) is 0 Å². The summed E-state index contributed by atoms with van der Waals surface area (Å²) in [7, 11) is 0. The second-order valence-electron chi connectivity index (χ2n) is 3.13. The van der Waals surface area contributed by atoms with Crippen LogP contribution >= 0.6 is 31.9 Å². The molecule has 2 nitrogen and oxygen atoms in total. The molecule has 2 aromatic carbocycles. The van der Waals surface area contributed by atoms with Crippen molar-refractivity contribution in [1.29, 1.82) is 0 Å². The van der Waals surface area contributed by atoms with Crippen LogP contribution < -0.4 is 0 Å². The normalized spacial score (nSPS) is 10.5. The SMILES string of the molecule is O=C(O)c1cc(Br)c2cc(Br)ccc2c1. The second-order valence-corrected chi connectivity index (χ2v) is 4.90. The number of fused-ring (bicyclic) bond motifs is 1. The summed E-state index contributed by atoms with van der Waals surface area (Å²) in [5.41, 5.74) is 0.289. The van der Waals surface area contributed by atoms with Gasteiger partial charge in [0.05, 0.1) is 5.56 Å². The van der Waals surface area contributed by atoms with Crippen LogP contribution in [0.4, 0.5) is 0 Å². The summed E-state index contributed by atoms with van der Waals surface area (Å²) in [4.78, 5) is 10.8. The average molecular weight is 330 g/mol. The van der Waals surface area contributed by atoms with Crippen molar-refractivity contribution >= 4 is 48.6 Å². The van der Waals surface area contributed by atoms with E-state index in [1.54, 1.807) is 12.1 Å². The first-order valence-electron chi connectivity index (χ1n) is 4.20. The first kappa shape index (κ1) is 10.6. The molecule has 76 valence electrons. The maximum absolute atomic E-state index is 10.8. The number of carboxylic acid groups (broad SMARTS) is 1. The third kappa shape index (κ3) is 2.06. The summed E-state index contributed by atoms with van der Waals surface area (Å²) in [6.07, 6.45) is 0. The lowest BCUT2D eigenvalue weighted by molar-refractivity contribution is 0.0697. The smallest absolute Gasteiger partial charge is 0.335 e. The van der Waals surface area contributed by atoms with Crippen molar-refractivity contribution in [2.45, 2.75) is 0 Å². The zero-order valence-corrected chi connectivity index (χ0v) is 10.7. The Morgan fingerprint density at radius 1 is 1.13 bits per heavy atom. The first-order valence-corrected chi connectivity index (χ1v) is 5.78. The highest BCUT2D eigenvalue weighted by molar-refractivity contribution is 9.11. The minimum Gasteiger partial charge on any atom is -0.478 e. The lowest BCUT2D eigenvalue weighted by Crippen LogP contribution is -1.95. The van der Waals surface area contributed by atoms with Crippen LogP contribution in [0.3, 0.4) is 0 Å². The summed E-state index contributed by atoms with van der Waals surface area (Å²) in [6.45, 7) is 0. The number of rotatable bonds is 1. The molecule has 15 heavy (non-hydrogen) atoms. The summed E-state index contributed by atoms with van der Waals surface area (Å²) < 4.78 is 1.76. The number of hydrogen-bond acceptors (Lipinski definition) is 1. The van der Waals surface area contributed by atoms with Crippen LogP contribution in [-0.4, -0.2) is 11.1 Å². The Balaban J connectivity index is 2.78. The molecule has 0 saturated carbocycles. The van der Waals surface area contributed by atoms with Gasteiger partial charge in [0.2, 0.25) is 0 Å². The van der Waals surface area contributed by atoms with Gasteiger partial charge in [-0.05, 0) is 35.0 Å². The summed E-state index contributed by atoms with van der Waals surface area (Å²) in [5, 5.41) is 10.8. The van der Waals surface area contributed by atoms with Gasteiger partial charge in [0, 0.05) is 8.95 Å². The zero-order chi connectivity index (χ0) is 11.0. The first-order chi connectivity index (χ1) is 7.08. The van der Waals surface area contributed by atoms with Gasteiger partial charge in [0.25, 0.3) is 0 Å². The summed E-state index contributed by atoms with van der Waals surface area (Å²) in [6, 6.07) is 8.99. The lowest BCUT2D eigenvalue weighted by Gasteiger charge is -2.03. The molecule has 0 heterocycles. The number of aromatic carboxylic acids is 1. The minimum absolute atomic E-state index is 0.289. The third-order valence-electron chi connectivity index (χ3n) is 2.11. The van der Waals surface area contributed by atoms with Gasteiger partial charge in [0.15, 0.2) is 0 Å². The van der Waals surface area contributed by atoms with E-state index in [2.05, 4.69) is 31.9 Å². The lowest BCUT2D eigenvalue weighted by atomic mass is 10.1. The molecular weight excluding hydrogens is 324 g/mol. The van der Waals surface area contributed by atoms with Crippen molar-refractivity contribution in [3.63, 3.8) is 0 Å². The Morgan fingerprint density at radius 3 is 2.53 bits per heavy atom. The molecule has 0 amide bonds. The van der Waals surface area contributed by atoms with Gasteiger partial charge in [-0.15, -0.1) is 0 Å². The van der Waals surface area contributed by atoms with Crippen LogP contribution in [0.2, 0.25) is 0 Å². The van der Waals surface area contributed by atoms with Gasteiger partial charge in [-0.1, -0.05) is 37.9 Å². The fourth-order valence-electron chi connectivity index (χ4n) is 1.41. The van der Waals surface area contributed by atoms with E-state index in [4.69, 9.17) is 5.11 Å². The highest BCUT2D eigenvalue weighted by Crippen LogP contribution is 2.28. The highest BCUT2D eigenvalue weighted by Gasteiger charge is 2.07. The molecule has 0 fully saturated rings. The molecular formula is C11H6Br2O2. The van der Waals surface area contributed by atoms with Crippen molar-refractivity contribution in [2.75, 3.05) is 0 Å². The minimum atomic E-state index is -0.916. The van der Waals surface area contributed by atoms with Crippen molar-refractivity contribution in [1.82, 2.24) is 0 Å². The number of carboxylic acids is 1. The molecule has 0 aliphatic carbocycles. The van der Waals surface area contributed by atoms with Gasteiger partial charge in [-0.3, -0.25) is 0 Å². The van der Waals surface area contributed by atoms with Crippen molar-refractivity contribution < 1.29 is 9.90 Å². The van der Waals surface area contributed by atoms with Crippen LogP contribution in [0.1, 0.15) is 10.4 Å². The molecule has 1 N–H and O–H groups in total. The van der Waals surface area contributed by atoms with Crippen LogP contribution in [0.15, 0.2) is 39.3 Å². The van der Waals surface area contributed by atoms with E-state index >= 15 is 0 Å². The number of halogens is 2. The molecule has 0 bridgehead atoms. The monoisotopic (exact) mass is 328 g/mol. The number of carbonyl (C=O) groups is 1. The van der Waals surface area contributed by atoms with E-state index in [0.29, 0.717) is 0 Å². The van der Waals surface area contributed by atoms with E-state index in [9.17, 15) is 4.79 Å². The van der Waals surface area contributed by atoms with E-state index in [0.717, 1.165) is 19.7 Å². The standard InChI is InChI=1S/C11H6Br2O2/c12-8-2-1-6-3-7(11(14)15)4-10(13)9(6)5-8/h1-5H,(H,14,15). The molecule has 0 aliphatic heterocycles. The maximum Gasteiger partial charge on any atom is 0.335 e. The van der Waals surface area contributed by atoms with Gasteiger partial charge < -0.3 is 5.11 Å². The Labute approximate surface area is 103 Å². The Morgan fingerprint density at radius 2 is 1.87 bits per heavy atom. The second kappa shape index (κ2) is 3.94. The fraction of sp³-hybridized carbons (Fsp3) is 0. The van der Waals surface area contributed by atoms with Crippen LogP contribution in [-0.2, 0) is 0 Å². The Hall–Kier alpha value is -0.870. The predicted octanol–water partition coefficient (Wildman–Crippen LogP) is 4.06. The van der Waals surface area contributed by atoms with E-state index < -0.39 is 5.97 Å². The molecule has 0 radical (unpaired) electrons. The number of hydrogen-bond donors (Lipinski definition) is 1. The fourth-order valence-corrected chi connectivity index (χ4v) is 2.36. The molecule has 0 spiro atoms. The summed E-state index contributed by atoms with van der Waals surface area (Å²) >= 11 is 6.74. The molecule has 0 saturated heterocycles. The molecule has 2 rings (SSSR count). The maximum atomic E-state index is 10.8. The number of benzene rings is 2. The van der Waals surface area contributed by atoms with Gasteiger partial charge in [-0.2, -0.15) is 0 Å². The molecule has 0 atom stereocenters. The predicted molar refractivity (Wildman–Crippen MR) is 66.3 cm³/mol. The topological polar surface area (TPSA) is 37.3 Å². The van der Waals surface area contributed by atoms with E-state index in [-0.39, 0.29) is 5.56 Å². The third-order valence-corrected chi connectivity index (χ3v) is 3.26. The quantitative estimate of drug-likeness (QED) is 0.856. The van der Waals surface area contributed by atoms with E-state index in [1.165, 1.54) is 0 Å². The molecule has 0 aromatic heterocycles. The summed E-state index contributed by atoms with van der Waals surface area (Å²) in [5.74, 6) is -0.916.